The summed E-state index contributed by atoms with van der Waals surface area (Å²) in [5, 5.41) is 1.02. The number of ether oxygens (including phenoxy) is 1. The third kappa shape index (κ3) is 5.09. The van der Waals surface area contributed by atoms with Crippen LogP contribution in [0.4, 0.5) is 9.93 Å². The molecule has 136 valence electrons. The first-order valence-electron chi connectivity index (χ1n) is 8.44. The maximum Gasteiger partial charge on any atom is 0.410 e. The lowest BCUT2D eigenvalue weighted by Crippen LogP contribution is -2.56. The van der Waals surface area contributed by atoms with Gasteiger partial charge in [0.1, 0.15) is 10.2 Å². The van der Waals surface area contributed by atoms with Crippen LogP contribution in [0.15, 0.2) is 4.60 Å². The second kappa shape index (κ2) is 7.60. The average Bonchev–Trinajstić information content (AvgIpc) is 2.76. The van der Waals surface area contributed by atoms with E-state index in [1.54, 1.807) is 11.3 Å². The van der Waals surface area contributed by atoms with Crippen LogP contribution in [-0.2, 0) is 4.74 Å². The molecular weight excluding hydrogens is 390 g/mol. The summed E-state index contributed by atoms with van der Waals surface area (Å²) in [6, 6.07) is 0.150. The molecule has 0 aromatic carbocycles. The molecule has 1 unspecified atom stereocenters. The smallest absolute Gasteiger partial charge is 0.410 e. The van der Waals surface area contributed by atoms with Crippen molar-refractivity contribution in [1.29, 1.82) is 0 Å². The molecule has 1 aliphatic rings. The number of carbonyl (C=O) groups is 1. The van der Waals surface area contributed by atoms with Crippen molar-refractivity contribution in [3.05, 3.63) is 9.48 Å². The standard InChI is InChI=1S/C17H28BrN3O2S/c1-11(2)9-13-10-20(15-19-14(18)12(3)24-15)7-8-21(13)16(22)23-17(4,5)6/h11,13H,7-10H2,1-6H3. The number of aryl methyl sites for hydroxylation is 1. The number of nitrogens with zero attached hydrogens (tertiary/aromatic N) is 3. The Morgan fingerprint density at radius 2 is 2.08 bits per heavy atom. The van der Waals surface area contributed by atoms with E-state index < -0.39 is 5.60 Å². The molecular formula is C17H28BrN3O2S. The number of aromatic nitrogens is 1. The first-order chi connectivity index (χ1) is 11.1. The summed E-state index contributed by atoms with van der Waals surface area (Å²) in [5.74, 6) is 0.518. The maximum absolute atomic E-state index is 12.6. The fourth-order valence-electron chi connectivity index (χ4n) is 2.84. The molecule has 2 heterocycles. The first-order valence-corrected chi connectivity index (χ1v) is 10.0. The Hall–Kier alpha value is -0.820. The molecule has 1 saturated heterocycles. The van der Waals surface area contributed by atoms with Gasteiger partial charge in [-0.1, -0.05) is 13.8 Å². The summed E-state index contributed by atoms with van der Waals surface area (Å²) in [4.78, 5) is 22.5. The van der Waals surface area contributed by atoms with Gasteiger partial charge in [-0.2, -0.15) is 0 Å². The molecule has 1 atom stereocenters. The Morgan fingerprint density at radius 3 is 2.58 bits per heavy atom. The lowest BCUT2D eigenvalue weighted by Gasteiger charge is -2.42. The van der Waals surface area contributed by atoms with Gasteiger partial charge in [-0.25, -0.2) is 9.78 Å². The number of hydrogen-bond acceptors (Lipinski definition) is 5. The van der Waals surface area contributed by atoms with Crippen LogP contribution in [0.2, 0.25) is 0 Å². The normalized spacial score (nSPS) is 19.1. The lowest BCUT2D eigenvalue weighted by molar-refractivity contribution is 0.0120. The Labute approximate surface area is 157 Å². The van der Waals surface area contributed by atoms with Crippen molar-refractivity contribution in [2.75, 3.05) is 24.5 Å². The molecule has 0 bridgehead atoms. The fraction of sp³-hybridized carbons (Fsp3) is 0.765. The summed E-state index contributed by atoms with van der Waals surface area (Å²) in [5.41, 5.74) is -0.464. The highest BCUT2D eigenvalue weighted by Crippen LogP contribution is 2.31. The monoisotopic (exact) mass is 417 g/mol. The molecule has 2 rings (SSSR count). The fourth-order valence-corrected chi connectivity index (χ4v) is 4.20. The number of thiazole rings is 1. The van der Waals surface area contributed by atoms with Gasteiger partial charge in [0.15, 0.2) is 5.13 Å². The zero-order valence-electron chi connectivity index (χ0n) is 15.4. The summed E-state index contributed by atoms with van der Waals surface area (Å²) in [6.07, 6.45) is 0.755. The second-order valence-electron chi connectivity index (χ2n) is 7.75. The van der Waals surface area contributed by atoms with E-state index in [4.69, 9.17) is 4.74 Å². The minimum atomic E-state index is -0.464. The molecule has 1 aromatic heterocycles. The van der Waals surface area contributed by atoms with Crippen molar-refractivity contribution in [3.8, 4) is 0 Å². The zero-order valence-corrected chi connectivity index (χ0v) is 17.8. The summed E-state index contributed by atoms with van der Waals surface area (Å²) in [6.45, 7) is 14.4. The van der Waals surface area contributed by atoms with Gasteiger partial charge in [-0.05, 0) is 56.0 Å². The quantitative estimate of drug-likeness (QED) is 0.715. The predicted molar refractivity (Wildman–Crippen MR) is 103 cm³/mol. The predicted octanol–water partition coefficient (Wildman–Crippen LogP) is 4.69. The van der Waals surface area contributed by atoms with Gasteiger partial charge in [0.25, 0.3) is 0 Å². The second-order valence-corrected chi connectivity index (χ2v) is 9.68. The average molecular weight is 418 g/mol. The molecule has 24 heavy (non-hydrogen) atoms. The van der Waals surface area contributed by atoms with Crippen molar-refractivity contribution in [1.82, 2.24) is 9.88 Å². The Kier molecular flexibility index (Phi) is 6.18. The molecule has 1 fully saturated rings. The number of halogens is 1. The molecule has 0 radical (unpaired) electrons. The summed E-state index contributed by atoms with van der Waals surface area (Å²) in [7, 11) is 0. The van der Waals surface area contributed by atoms with Gasteiger partial charge in [0.2, 0.25) is 0 Å². The van der Waals surface area contributed by atoms with Gasteiger partial charge in [-0.15, -0.1) is 11.3 Å². The van der Waals surface area contributed by atoms with Crippen molar-refractivity contribution in [3.63, 3.8) is 0 Å². The highest BCUT2D eigenvalue weighted by molar-refractivity contribution is 9.10. The van der Waals surface area contributed by atoms with E-state index in [9.17, 15) is 4.79 Å². The third-order valence-corrected chi connectivity index (χ3v) is 5.92. The van der Waals surface area contributed by atoms with Crippen LogP contribution in [0.1, 0.15) is 45.9 Å². The third-order valence-electron chi connectivity index (χ3n) is 3.85. The minimum absolute atomic E-state index is 0.150. The lowest BCUT2D eigenvalue weighted by atomic mass is 10.0. The molecule has 0 saturated carbocycles. The van der Waals surface area contributed by atoms with Gasteiger partial charge < -0.3 is 14.5 Å². The van der Waals surface area contributed by atoms with Crippen LogP contribution in [-0.4, -0.2) is 47.3 Å². The molecule has 1 amide bonds. The molecule has 1 aromatic rings. The first kappa shape index (κ1) is 19.5. The van der Waals surface area contributed by atoms with Gasteiger partial charge in [0.05, 0.1) is 6.04 Å². The number of hydrogen-bond donors (Lipinski definition) is 0. The molecule has 7 heteroatoms. The SMILES string of the molecule is Cc1sc(N2CCN(C(=O)OC(C)(C)C)C(CC(C)C)C2)nc1Br. The number of amides is 1. The Balaban J connectivity index is 2.13. The molecule has 0 spiro atoms. The van der Waals surface area contributed by atoms with E-state index in [1.165, 1.54) is 4.88 Å². The zero-order chi connectivity index (χ0) is 18.1. The topological polar surface area (TPSA) is 45.7 Å². The number of carbonyl (C=O) groups excluding carboxylic acids is 1. The van der Waals surface area contributed by atoms with Crippen molar-refractivity contribution >= 4 is 38.5 Å². The minimum Gasteiger partial charge on any atom is -0.444 e. The number of anilines is 1. The van der Waals surface area contributed by atoms with E-state index in [1.807, 2.05) is 25.7 Å². The van der Waals surface area contributed by atoms with Crippen molar-refractivity contribution < 1.29 is 9.53 Å². The van der Waals surface area contributed by atoms with Crippen LogP contribution in [0.3, 0.4) is 0 Å². The van der Waals surface area contributed by atoms with E-state index >= 15 is 0 Å². The Bertz CT molecular complexity index is 563. The van der Waals surface area contributed by atoms with Crippen LogP contribution < -0.4 is 4.90 Å². The van der Waals surface area contributed by atoms with Crippen LogP contribution >= 0.6 is 27.3 Å². The number of piperazine rings is 1. The van der Waals surface area contributed by atoms with E-state index in [-0.39, 0.29) is 12.1 Å². The van der Waals surface area contributed by atoms with E-state index in [2.05, 4.69) is 46.6 Å². The van der Waals surface area contributed by atoms with Crippen molar-refractivity contribution in [2.45, 2.75) is 59.6 Å². The molecule has 5 nitrogen and oxygen atoms in total. The van der Waals surface area contributed by atoms with E-state index in [0.29, 0.717) is 12.5 Å². The van der Waals surface area contributed by atoms with Crippen molar-refractivity contribution in [2.24, 2.45) is 5.92 Å². The van der Waals surface area contributed by atoms with Crippen LogP contribution in [0.5, 0.6) is 0 Å². The van der Waals surface area contributed by atoms with Gasteiger partial charge in [0, 0.05) is 24.5 Å². The number of rotatable bonds is 3. The van der Waals surface area contributed by atoms with Gasteiger partial charge >= 0.3 is 6.09 Å². The molecule has 0 N–H and O–H groups in total. The largest absolute Gasteiger partial charge is 0.444 e. The van der Waals surface area contributed by atoms with E-state index in [0.717, 1.165) is 29.2 Å². The highest BCUT2D eigenvalue weighted by atomic mass is 79.9. The van der Waals surface area contributed by atoms with Gasteiger partial charge in [-0.3, -0.25) is 0 Å². The van der Waals surface area contributed by atoms with Crippen LogP contribution in [0.25, 0.3) is 0 Å². The summed E-state index contributed by atoms with van der Waals surface area (Å²) >= 11 is 5.19. The van der Waals surface area contributed by atoms with Crippen LogP contribution in [0, 0.1) is 12.8 Å². The molecule has 1 aliphatic heterocycles. The highest BCUT2D eigenvalue weighted by Gasteiger charge is 2.34. The Morgan fingerprint density at radius 1 is 1.42 bits per heavy atom. The maximum atomic E-state index is 12.6. The summed E-state index contributed by atoms with van der Waals surface area (Å²) < 4.78 is 6.52. The molecule has 0 aliphatic carbocycles.